The highest BCUT2D eigenvalue weighted by molar-refractivity contribution is 6.32. The molecule has 1 fully saturated rings. The maximum absolute atomic E-state index is 12.1. The third-order valence-electron chi connectivity index (χ3n) is 3.77. The van der Waals surface area contributed by atoms with E-state index in [-0.39, 0.29) is 18.8 Å². The third kappa shape index (κ3) is 4.28. The van der Waals surface area contributed by atoms with Crippen LogP contribution in [0.4, 0.5) is 0 Å². The maximum Gasteiger partial charge on any atom is 0.251 e. The number of carbonyl (C=O) groups excluding carboxylic acids is 1. The highest BCUT2D eigenvalue weighted by atomic mass is 35.5. The van der Waals surface area contributed by atoms with Crippen molar-refractivity contribution >= 4 is 17.5 Å². The number of halogens is 1. The summed E-state index contributed by atoms with van der Waals surface area (Å²) in [7, 11) is 0. The van der Waals surface area contributed by atoms with Gasteiger partial charge < -0.3 is 24.3 Å². The Hall–Kier alpha value is -1.50. The van der Waals surface area contributed by atoms with Crippen LogP contribution < -0.4 is 14.8 Å². The average Bonchev–Trinajstić information content (AvgIpc) is 3.21. The molecule has 3 rings (SSSR count). The fourth-order valence-electron chi connectivity index (χ4n) is 2.57. The van der Waals surface area contributed by atoms with Crippen LogP contribution in [-0.4, -0.2) is 45.2 Å². The molecule has 1 saturated heterocycles. The Labute approximate surface area is 140 Å². The summed E-state index contributed by atoms with van der Waals surface area (Å²) >= 11 is 6.07. The number of rotatable bonds is 7. The molecule has 0 bridgehead atoms. The van der Waals surface area contributed by atoms with Gasteiger partial charge in [-0.2, -0.15) is 0 Å². The first-order chi connectivity index (χ1) is 11.2. The van der Waals surface area contributed by atoms with Gasteiger partial charge in [-0.25, -0.2) is 0 Å². The third-order valence-corrected chi connectivity index (χ3v) is 4.05. The lowest BCUT2D eigenvalue weighted by molar-refractivity contribution is 0.0166. The topological polar surface area (TPSA) is 66.0 Å². The van der Waals surface area contributed by atoms with Gasteiger partial charge in [0.25, 0.3) is 5.91 Å². The fraction of sp³-hybridized carbons (Fsp3) is 0.562. The molecule has 1 aromatic carbocycles. The van der Waals surface area contributed by atoms with Crippen molar-refractivity contribution in [1.82, 2.24) is 5.32 Å². The summed E-state index contributed by atoms with van der Waals surface area (Å²) < 4.78 is 21.5. The van der Waals surface area contributed by atoms with Gasteiger partial charge in [0.05, 0.1) is 17.7 Å². The molecule has 1 N–H and O–H groups in total. The molecular formula is C16H20ClNO5. The molecule has 0 radical (unpaired) electrons. The molecule has 2 aliphatic heterocycles. The molecule has 1 aromatic rings. The molecule has 23 heavy (non-hydrogen) atoms. The van der Waals surface area contributed by atoms with Crippen molar-refractivity contribution in [3.63, 3.8) is 0 Å². The van der Waals surface area contributed by atoms with Crippen LogP contribution in [-0.2, 0) is 9.47 Å². The number of fused-ring (bicyclic) bond motifs is 1. The van der Waals surface area contributed by atoms with Gasteiger partial charge in [0.15, 0.2) is 11.5 Å². The predicted molar refractivity (Wildman–Crippen MR) is 84.3 cm³/mol. The van der Waals surface area contributed by atoms with E-state index in [1.807, 2.05) is 0 Å². The SMILES string of the molecule is O=C(NCCCOC[C@@H]1CCCO1)c1cc(Cl)c2c(c1)OCO2. The molecule has 0 saturated carbocycles. The number of hydrogen-bond donors (Lipinski definition) is 1. The second-order valence-electron chi connectivity index (χ2n) is 5.51. The quantitative estimate of drug-likeness (QED) is 0.771. The summed E-state index contributed by atoms with van der Waals surface area (Å²) in [4.78, 5) is 12.1. The minimum absolute atomic E-state index is 0.127. The predicted octanol–water partition coefficient (Wildman–Crippen LogP) is 2.38. The van der Waals surface area contributed by atoms with E-state index in [1.54, 1.807) is 12.1 Å². The first-order valence-corrected chi connectivity index (χ1v) is 8.18. The molecule has 2 heterocycles. The lowest BCUT2D eigenvalue weighted by Gasteiger charge is -2.10. The van der Waals surface area contributed by atoms with E-state index in [1.165, 1.54) is 0 Å². The first kappa shape index (κ1) is 16.4. The lowest BCUT2D eigenvalue weighted by Crippen LogP contribution is -2.25. The van der Waals surface area contributed by atoms with Gasteiger partial charge >= 0.3 is 0 Å². The van der Waals surface area contributed by atoms with Crippen LogP contribution >= 0.6 is 11.6 Å². The first-order valence-electron chi connectivity index (χ1n) is 7.81. The van der Waals surface area contributed by atoms with E-state index >= 15 is 0 Å². The molecular weight excluding hydrogens is 322 g/mol. The zero-order chi connectivity index (χ0) is 16.1. The number of ether oxygens (including phenoxy) is 4. The van der Waals surface area contributed by atoms with Gasteiger partial charge in [-0.1, -0.05) is 11.6 Å². The molecule has 0 spiro atoms. The zero-order valence-electron chi connectivity index (χ0n) is 12.8. The fourth-order valence-corrected chi connectivity index (χ4v) is 2.83. The molecule has 0 aromatic heterocycles. The van der Waals surface area contributed by atoms with Gasteiger partial charge in [-0.3, -0.25) is 4.79 Å². The van der Waals surface area contributed by atoms with E-state index in [2.05, 4.69) is 5.32 Å². The van der Waals surface area contributed by atoms with Crippen LogP contribution in [0, 0.1) is 0 Å². The zero-order valence-corrected chi connectivity index (χ0v) is 13.6. The van der Waals surface area contributed by atoms with Crippen LogP contribution in [0.2, 0.25) is 5.02 Å². The smallest absolute Gasteiger partial charge is 0.251 e. The average molecular weight is 342 g/mol. The standard InChI is InChI=1S/C16H20ClNO5/c17-13-7-11(8-14-15(13)23-10-22-14)16(19)18-4-2-5-20-9-12-3-1-6-21-12/h7-8,12H,1-6,9-10H2,(H,18,19)/t12-/m0/s1. The molecule has 2 aliphatic rings. The summed E-state index contributed by atoms with van der Waals surface area (Å²) in [5, 5.41) is 3.22. The minimum Gasteiger partial charge on any atom is -0.454 e. The molecule has 0 aliphatic carbocycles. The van der Waals surface area contributed by atoms with E-state index < -0.39 is 0 Å². The van der Waals surface area contributed by atoms with Crippen molar-refractivity contribution in [1.29, 1.82) is 0 Å². The minimum atomic E-state index is -0.190. The van der Waals surface area contributed by atoms with Crippen molar-refractivity contribution < 1.29 is 23.7 Å². The van der Waals surface area contributed by atoms with Gasteiger partial charge in [0.2, 0.25) is 6.79 Å². The Morgan fingerprint density at radius 1 is 1.39 bits per heavy atom. The summed E-state index contributed by atoms with van der Waals surface area (Å²) in [5.41, 5.74) is 0.458. The molecule has 0 unspecified atom stereocenters. The maximum atomic E-state index is 12.1. The van der Waals surface area contributed by atoms with Gasteiger partial charge in [0, 0.05) is 25.3 Å². The Kier molecular flexibility index (Phi) is 5.59. The highest BCUT2D eigenvalue weighted by Gasteiger charge is 2.20. The molecule has 6 nitrogen and oxygen atoms in total. The van der Waals surface area contributed by atoms with Crippen LogP contribution in [0.5, 0.6) is 11.5 Å². The summed E-state index contributed by atoms with van der Waals surface area (Å²) in [5.74, 6) is 0.803. The van der Waals surface area contributed by atoms with Crippen LogP contribution in [0.1, 0.15) is 29.6 Å². The van der Waals surface area contributed by atoms with Gasteiger partial charge in [-0.05, 0) is 31.4 Å². The largest absolute Gasteiger partial charge is 0.454 e. The van der Waals surface area contributed by atoms with Crippen LogP contribution in [0.25, 0.3) is 0 Å². The van der Waals surface area contributed by atoms with E-state index in [0.29, 0.717) is 41.8 Å². The Bertz CT molecular complexity index is 560. The van der Waals surface area contributed by atoms with Crippen molar-refractivity contribution in [2.45, 2.75) is 25.4 Å². The monoisotopic (exact) mass is 341 g/mol. The molecule has 126 valence electrons. The summed E-state index contributed by atoms with van der Waals surface area (Å²) in [6.07, 6.45) is 3.17. The second kappa shape index (κ2) is 7.86. The Morgan fingerprint density at radius 2 is 2.30 bits per heavy atom. The molecule has 1 atom stereocenters. The van der Waals surface area contributed by atoms with E-state index in [4.69, 9.17) is 30.5 Å². The lowest BCUT2D eigenvalue weighted by atomic mass is 10.2. The van der Waals surface area contributed by atoms with Crippen molar-refractivity contribution in [2.75, 3.05) is 33.2 Å². The van der Waals surface area contributed by atoms with Crippen molar-refractivity contribution in [3.8, 4) is 11.5 Å². The number of nitrogens with one attached hydrogen (secondary N) is 1. The van der Waals surface area contributed by atoms with Crippen molar-refractivity contribution in [2.24, 2.45) is 0 Å². The molecule has 7 heteroatoms. The molecule has 1 amide bonds. The van der Waals surface area contributed by atoms with E-state index in [9.17, 15) is 4.79 Å². The Morgan fingerprint density at radius 3 is 3.13 bits per heavy atom. The number of amides is 1. The van der Waals surface area contributed by atoms with Crippen LogP contribution in [0.15, 0.2) is 12.1 Å². The second-order valence-corrected chi connectivity index (χ2v) is 5.92. The Balaban J connectivity index is 1.37. The van der Waals surface area contributed by atoms with Crippen molar-refractivity contribution in [3.05, 3.63) is 22.7 Å². The van der Waals surface area contributed by atoms with Gasteiger partial charge in [0.1, 0.15) is 0 Å². The number of hydrogen-bond acceptors (Lipinski definition) is 5. The normalized spacial score (nSPS) is 19.1. The van der Waals surface area contributed by atoms with Crippen LogP contribution in [0.3, 0.4) is 0 Å². The summed E-state index contributed by atoms with van der Waals surface area (Å²) in [6.45, 7) is 2.73. The van der Waals surface area contributed by atoms with Gasteiger partial charge in [-0.15, -0.1) is 0 Å². The number of carbonyl (C=O) groups is 1. The highest BCUT2D eigenvalue weighted by Crippen LogP contribution is 2.39. The van der Waals surface area contributed by atoms with E-state index in [0.717, 1.165) is 25.9 Å². The summed E-state index contributed by atoms with van der Waals surface area (Å²) in [6, 6.07) is 3.22. The number of benzene rings is 1.